The molecule has 1 aliphatic carbocycles. The molecule has 1 amide bonds. The fourth-order valence-corrected chi connectivity index (χ4v) is 3.00. The second kappa shape index (κ2) is 5.90. The minimum absolute atomic E-state index is 0.0986. The quantitative estimate of drug-likeness (QED) is 0.786. The molecule has 2 aliphatic rings. The van der Waals surface area contributed by atoms with E-state index in [9.17, 15) is 9.90 Å². The van der Waals surface area contributed by atoms with E-state index in [1.807, 2.05) is 0 Å². The molecule has 0 bridgehead atoms. The normalized spacial score (nSPS) is 31.4. The Morgan fingerprint density at radius 3 is 2.90 bits per heavy atom. The van der Waals surface area contributed by atoms with E-state index in [2.05, 4.69) is 19.9 Å². The number of carbonyl (C=O) groups is 1. The number of nitrogens with zero attached hydrogens (tertiary/aromatic N) is 2. The standard InChI is InChI=1S/C13H19N3O4/c17-12-9(14-13(18)10-3-6-20-15-10)1-2-11(12)16-4-7-19-8-5-16/h3,6,9,11-12,17H,1-2,4-5,7-8H2,(H,14,18)/t9-,11-,12-/m1/s1. The molecular formula is C13H19N3O4. The smallest absolute Gasteiger partial charge is 0.273 e. The van der Waals surface area contributed by atoms with Crippen molar-refractivity contribution in [3.8, 4) is 0 Å². The number of amides is 1. The van der Waals surface area contributed by atoms with E-state index in [1.165, 1.54) is 12.3 Å². The van der Waals surface area contributed by atoms with Crippen molar-refractivity contribution in [2.45, 2.75) is 31.0 Å². The van der Waals surface area contributed by atoms with Crippen LogP contribution in [0, 0.1) is 0 Å². The summed E-state index contributed by atoms with van der Waals surface area (Å²) >= 11 is 0. The predicted molar refractivity (Wildman–Crippen MR) is 69.2 cm³/mol. The van der Waals surface area contributed by atoms with Crippen LogP contribution in [0.5, 0.6) is 0 Å². The number of hydrogen-bond donors (Lipinski definition) is 2. The lowest BCUT2D eigenvalue weighted by Gasteiger charge is -2.34. The van der Waals surface area contributed by atoms with Crippen LogP contribution in [0.15, 0.2) is 16.9 Å². The zero-order valence-corrected chi connectivity index (χ0v) is 11.2. The summed E-state index contributed by atoms with van der Waals surface area (Å²) in [6, 6.07) is 1.38. The van der Waals surface area contributed by atoms with Crippen LogP contribution < -0.4 is 5.32 Å². The molecule has 20 heavy (non-hydrogen) atoms. The number of aromatic nitrogens is 1. The Kier molecular flexibility index (Phi) is 4.00. The summed E-state index contributed by atoms with van der Waals surface area (Å²) in [4.78, 5) is 14.2. The summed E-state index contributed by atoms with van der Waals surface area (Å²) in [5.41, 5.74) is 0.243. The van der Waals surface area contributed by atoms with Crippen molar-refractivity contribution in [3.05, 3.63) is 18.0 Å². The average molecular weight is 281 g/mol. The van der Waals surface area contributed by atoms with E-state index in [-0.39, 0.29) is 23.7 Å². The van der Waals surface area contributed by atoms with Gasteiger partial charge in [0.1, 0.15) is 6.26 Å². The van der Waals surface area contributed by atoms with Crippen LogP contribution in [0.2, 0.25) is 0 Å². The first-order valence-electron chi connectivity index (χ1n) is 6.97. The highest BCUT2D eigenvalue weighted by Gasteiger charge is 2.39. The molecule has 0 spiro atoms. The van der Waals surface area contributed by atoms with Crippen molar-refractivity contribution in [2.75, 3.05) is 26.3 Å². The summed E-state index contributed by atoms with van der Waals surface area (Å²) in [7, 11) is 0. The Hall–Kier alpha value is -1.44. The zero-order chi connectivity index (χ0) is 13.9. The molecule has 2 heterocycles. The van der Waals surface area contributed by atoms with Gasteiger partial charge in [0.15, 0.2) is 5.69 Å². The van der Waals surface area contributed by atoms with E-state index in [4.69, 9.17) is 4.74 Å². The fourth-order valence-electron chi connectivity index (χ4n) is 3.00. The molecule has 1 saturated heterocycles. The van der Waals surface area contributed by atoms with Gasteiger partial charge in [0, 0.05) is 25.2 Å². The van der Waals surface area contributed by atoms with Crippen molar-refractivity contribution < 1.29 is 19.2 Å². The third kappa shape index (κ3) is 2.70. The molecule has 1 saturated carbocycles. The van der Waals surface area contributed by atoms with Gasteiger partial charge in [-0.05, 0) is 12.8 Å². The highest BCUT2D eigenvalue weighted by Crippen LogP contribution is 2.25. The second-order valence-corrected chi connectivity index (χ2v) is 5.25. The number of morpholine rings is 1. The second-order valence-electron chi connectivity index (χ2n) is 5.25. The molecule has 0 radical (unpaired) electrons. The van der Waals surface area contributed by atoms with Crippen molar-refractivity contribution in [2.24, 2.45) is 0 Å². The minimum Gasteiger partial charge on any atom is -0.389 e. The SMILES string of the molecule is O=C(N[C@@H]1CC[C@@H](N2CCOCC2)[C@@H]1O)c1ccon1. The van der Waals surface area contributed by atoms with Gasteiger partial charge in [0.2, 0.25) is 0 Å². The predicted octanol–water partition coefficient (Wildman–Crippen LogP) is -0.371. The van der Waals surface area contributed by atoms with Gasteiger partial charge in [-0.25, -0.2) is 0 Å². The zero-order valence-electron chi connectivity index (χ0n) is 11.2. The molecule has 3 atom stereocenters. The van der Waals surface area contributed by atoms with Crippen molar-refractivity contribution in [1.82, 2.24) is 15.4 Å². The van der Waals surface area contributed by atoms with Gasteiger partial charge in [-0.3, -0.25) is 9.69 Å². The van der Waals surface area contributed by atoms with Crippen LogP contribution in [-0.2, 0) is 4.74 Å². The summed E-state index contributed by atoms with van der Waals surface area (Å²) in [6.45, 7) is 3.09. The molecule has 2 fully saturated rings. The van der Waals surface area contributed by atoms with Gasteiger partial charge >= 0.3 is 0 Å². The molecule has 1 aromatic rings. The van der Waals surface area contributed by atoms with E-state index in [1.54, 1.807) is 0 Å². The van der Waals surface area contributed by atoms with Crippen LogP contribution in [0.25, 0.3) is 0 Å². The largest absolute Gasteiger partial charge is 0.389 e. The third-order valence-electron chi connectivity index (χ3n) is 4.08. The highest BCUT2D eigenvalue weighted by atomic mass is 16.5. The maximum atomic E-state index is 11.9. The van der Waals surface area contributed by atoms with Gasteiger partial charge in [-0.1, -0.05) is 5.16 Å². The number of ether oxygens (including phenoxy) is 1. The number of rotatable bonds is 3. The molecule has 3 rings (SSSR count). The summed E-state index contributed by atoms with van der Waals surface area (Å²) in [6.07, 6.45) is 2.46. The number of aliphatic hydroxyl groups is 1. The van der Waals surface area contributed by atoms with Crippen molar-refractivity contribution in [3.63, 3.8) is 0 Å². The van der Waals surface area contributed by atoms with E-state index >= 15 is 0 Å². The number of hydrogen-bond acceptors (Lipinski definition) is 6. The van der Waals surface area contributed by atoms with Crippen LogP contribution in [0.1, 0.15) is 23.3 Å². The first kappa shape index (κ1) is 13.5. The number of aliphatic hydroxyl groups excluding tert-OH is 1. The fraction of sp³-hybridized carbons (Fsp3) is 0.692. The molecule has 2 N–H and O–H groups in total. The topological polar surface area (TPSA) is 87.8 Å². The Balaban J connectivity index is 1.58. The molecule has 1 aromatic heterocycles. The van der Waals surface area contributed by atoms with E-state index in [0.29, 0.717) is 13.2 Å². The maximum absolute atomic E-state index is 11.9. The van der Waals surface area contributed by atoms with Gasteiger partial charge in [0.25, 0.3) is 5.91 Å². The highest BCUT2D eigenvalue weighted by molar-refractivity contribution is 5.92. The third-order valence-corrected chi connectivity index (χ3v) is 4.08. The van der Waals surface area contributed by atoms with Gasteiger partial charge in [-0.2, -0.15) is 0 Å². The molecule has 110 valence electrons. The summed E-state index contributed by atoms with van der Waals surface area (Å²) in [5.74, 6) is -0.301. The van der Waals surface area contributed by atoms with Crippen molar-refractivity contribution in [1.29, 1.82) is 0 Å². The lowest BCUT2D eigenvalue weighted by atomic mass is 10.1. The molecule has 7 nitrogen and oxygen atoms in total. The van der Waals surface area contributed by atoms with Crippen LogP contribution in [0.3, 0.4) is 0 Å². The van der Waals surface area contributed by atoms with Crippen LogP contribution in [0.4, 0.5) is 0 Å². The molecule has 0 unspecified atom stereocenters. The minimum atomic E-state index is -0.552. The summed E-state index contributed by atoms with van der Waals surface area (Å²) < 4.78 is 9.97. The lowest BCUT2D eigenvalue weighted by molar-refractivity contribution is -0.0154. The van der Waals surface area contributed by atoms with Gasteiger partial charge < -0.3 is 19.7 Å². The molecule has 1 aliphatic heterocycles. The van der Waals surface area contributed by atoms with Gasteiger partial charge in [0.05, 0.1) is 25.4 Å². The number of carbonyl (C=O) groups excluding carboxylic acids is 1. The van der Waals surface area contributed by atoms with Crippen LogP contribution >= 0.6 is 0 Å². The Labute approximate surface area is 116 Å². The van der Waals surface area contributed by atoms with E-state index in [0.717, 1.165) is 25.9 Å². The Morgan fingerprint density at radius 2 is 2.20 bits per heavy atom. The maximum Gasteiger partial charge on any atom is 0.273 e. The number of nitrogens with one attached hydrogen (secondary N) is 1. The van der Waals surface area contributed by atoms with Gasteiger partial charge in [-0.15, -0.1) is 0 Å². The Bertz CT molecular complexity index is 444. The molecule has 7 heteroatoms. The average Bonchev–Trinajstić information content (AvgIpc) is 3.11. The first-order valence-corrected chi connectivity index (χ1v) is 6.97. The monoisotopic (exact) mass is 281 g/mol. The molecular weight excluding hydrogens is 262 g/mol. The van der Waals surface area contributed by atoms with Crippen LogP contribution in [-0.4, -0.2) is 65.6 Å². The van der Waals surface area contributed by atoms with E-state index < -0.39 is 6.10 Å². The van der Waals surface area contributed by atoms with Crippen molar-refractivity contribution >= 4 is 5.91 Å². The lowest BCUT2D eigenvalue weighted by Crippen LogP contribution is -2.51. The summed E-state index contributed by atoms with van der Waals surface area (Å²) in [5, 5.41) is 16.8. The Morgan fingerprint density at radius 1 is 1.40 bits per heavy atom. The molecule has 0 aromatic carbocycles. The first-order chi connectivity index (χ1) is 9.75.